The van der Waals surface area contributed by atoms with Gasteiger partial charge in [0.1, 0.15) is 0 Å². The van der Waals surface area contributed by atoms with Crippen LogP contribution in [0.25, 0.3) is 0 Å². The zero-order chi connectivity index (χ0) is 13.3. The van der Waals surface area contributed by atoms with E-state index in [1.165, 1.54) is 46.2 Å². The van der Waals surface area contributed by atoms with Crippen LogP contribution in [0, 0.1) is 22.8 Å². The van der Waals surface area contributed by atoms with Gasteiger partial charge in [0.15, 0.2) is 0 Å². The molecule has 1 aromatic carbocycles. The van der Waals surface area contributed by atoms with Gasteiger partial charge in [0.25, 0.3) is 0 Å². The number of hydrogen-bond donors (Lipinski definition) is 0. The number of rotatable bonds is 2. The zero-order valence-electron chi connectivity index (χ0n) is 12.0. The summed E-state index contributed by atoms with van der Waals surface area (Å²) >= 11 is 2.43. The summed E-state index contributed by atoms with van der Waals surface area (Å²) in [5.41, 5.74) is 4.91. The first-order valence-corrected chi connectivity index (χ1v) is 7.93. The third kappa shape index (κ3) is 3.47. The Balaban J connectivity index is 2.04. The van der Waals surface area contributed by atoms with Crippen LogP contribution in [0.4, 0.5) is 0 Å². The molecule has 18 heavy (non-hydrogen) atoms. The van der Waals surface area contributed by atoms with Gasteiger partial charge in [0, 0.05) is 10.1 Å². The van der Waals surface area contributed by atoms with E-state index >= 15 is 0 Å². The molecule has 0 aromatic heterocycles. The molecule has 0 N–H and O–H groups in total. The van der Waals surface area contributed by atoms with Gasteiger partial charge in [-0.3, -0.25) is 4.90 Å². The zero-order valence-corrected chi connectivity index (χ0v) is 14.2. The van der Waals surface area contributed by atoms with E-state index in [1.54, 1.807) is 0 Å². The second-order valence-corrected chi connectivity index (χ2v) is 7.63. The molecule has 100 valence electrons. The van der Waals surface area contributed by atoms with Crippen LogP contribution in [-0.4, -0.2) is 18.0 Å². The SMILES string of the molecule is Cc1cc(CN2CCC(C)(C)CC2)c(C)cc1I. The van der Waals surface area contributed by atoms with Crippen LogP contribution in [0.5, 0.6) is 0 Å². The van der Waals surface area contributed by atoms with E-state index in [0.29, 0.717) is 5.41 Å². The maximum atomic E-state index is 2.61. The van der Waals surface area contributed by atoms with E-state index in [1.807, 2.05) is 0 Å². The summed E-state index contributed by atoms with van der Waals surface area (Å²) < 4.78 is 1.38. The molecule has 1 fully saturated rings. The number of hydrogen-bond acceptors (Lipinski definition) is 1. The van der Waals surface area contributed by atoms with Crippen molar-refractivity contribution < 1.29 is 0 Å². The molecule has 0 spiro atoms. The summed E-state index contributed by atoms with van der Waals surface area (Å²) in [5.74, 6) is 0. The van der Waals surface area contributed by atoms with Crippen molar-refractivity contribution in [2.24, 2.45) is 5.41 Å². The Morgan fingerprint density at radius 3 is 2.33 bits per heavy atom. The molecule has 0 unspecified atom stereocenters. The van der Waals surface area contributed by atoms with Gasteiger partial charge in [-0.1, -0.05) is 19.9 Å². The molecule has 1 heterocycles. The maximum Gasteiger partial charge on any atom is 0.0236 e. The summed E-state index contributed by atoms with van der Waals surface area (Å²) in [6, 6.07) is 4.69. The van der Waals surface area contributed by atoms with E-state index < -0.39 is 0 Å². The first kappa shape index (κ1) is 14.3. The van der Waals surface area contributed by atoms with Crippen LogP contribution < -0.4 is 0 Å². The second-order valence-electron chi connectivity index (χ2n) is 6.47. The highest BCUT2D eigenvalue weighted by Gasteiger charge is 2.25. The smallest absolute Gasteiger partial charge is 0.0236 e. The van der Waals surface area contributed by atoms with E-state index in [4.69, 9.17) is 0 Å². The molecular formula is C16H24IN. The number of likely N-dealkylation sites (tertiary alicyclic amines) is 1. The average Bonchev–Trinajstić information content (AvgIpc) is 2.28. The van der Waals surface area contributed by atoms with E-state index in [2.05, 4.69) is 67.3 Å². The quantitative estimate of drug-likeness (QED) is 0.703. The highest BCUT2D eigenvalue weighted by Crippen LogP contribution is 2.30. The average molecular weight is 357 g/mol. The van der Waals surface area contributed by atoms with Crippen molar-refractivity contribution in [3.8, 4) is 0 Å². The van der Waals surface area contributed by atoms with E-state index in [-0.39, 0.29) is 0 Å². The lowest BCUT2D eigenvalue weighted by molar-refractivity contribution is 0.127. The third-order valence-electron chi connectivity index (χ3n) is 4.22. The fraction of sp³-hybridized carbons (Fsp3) is 0.625. The maximum absolute atomic E-state index is 2.61. The topological polar surface area (TPSA) is 3.24 Å². The van der Waals surface area contributed by atoms with Crippen LogP contribution in [0.3, 0.4) is 0 Å². The number of aryl methyl sites for hydroxylation is 2. The summed E-state index contributed by atoms with van der Waals surface area (Å²) in [4.78, 5) is 2.61. The largest absolute Gasteiger partial charge is 0.299 e. The Morgan fingerprint density at radius 1 is 1.11 bits per heavy atom. The molecule has 1 aliphatic heterocycles. The Labute approximate surface area is 125 Å². The molecule has 0 atom stereocenters. The normalized spacial score (nSPS) is 20.1. The number of halogens is 1. The minimum absolute atomic E-state index is 0.549. The van der Waals surface area contributed by atoms with Gasteiger partial charge < -0.3 is 0 Å². The summed E-state index contributed by atoms with van der Waals surface area (Å²) in [6.07, 6.45) is 2.66. The first-order chi connectivity index (χ1) is 8.37. The first-order valence-electron chi connectivity index (χ1n) is 6.85. The van der Waals surface area contributed by atoms with Gasteiger partial charge in [-0.2, -0.15) is 0 Å². The molecule has 0 aliphatic carbocycles. The fourth-order valence-corrected chi connectivity index (χ4v) is 3.19. The van der Waals surface area contributed by atoms with Crippen molar-refractivity contribution in [2.75, 3.05) is 13.1 Å². The Bertz CT molecular complexity index is 427. The lowest BCUT2D eigenvalue weighted by Gasteiger charge is -2.37. The van der Waals surface area contributed by atoms with Gasteiger partial charge >= 0.3 is 0 Å². The van der Waals surface area contributed by atoms with Gasteiger partial charge in [-0.15, -0.1) is 0 Å². The standard InChI is InChI=1S/C16H24IN/c1-12-10-15(17)13(2)9-14(12)11-18-7-5-16(3,4)6-8-18/h9-10H,5-8,11H2,1-4H3. The van der Waals surface area contributed by atoms with Gasteiger partial charge in [-0.05, 0) is 90.5 Å². The summed E-state index contributed by atoms with van der Waals surface area (Å²) in [6.45, 7) is 12.9. The van der Waals surface area contributed by atoms with Crippen LogP contribution in [0.15, 0.2) is 12.1 Å². The molecule has 2 rings (SSSR count). The van der Waals surface area contributed by atoms with E-state index in [0.717, 1.165) is 6.54 Å². The van der Waals surface area contributed by atoms with Crippen molar-refractivity contribution in [3.05, 3.63) is 32.4 Å². The summed E-state index contributed by atoms with van der Waals surface area (Å²) in [5, 5.41) is 0. The number of benzene rings is 1. The molecule has 1 aliphatic rings. The van der Waals surface area contributed by atoms with Crippen molar-refractivity contribution in [1.29, 1.82) is 0 Å². The number of piperidine rings is 1. The molecule has 0 radical (unpaired) electrons. The third-order valence-corrected chi connectivity index (χ3v) is 5.38. The molecular weight excluding hydrogens is 333 g/mol. The lowest BCUT2D eigenvalue weighted by atomic mass is 9.82. The van der Waals surface area contributed by atoms with Crippen molar-refractivity contribution >= 4 is 22.6 Å². The van der Waals surface area contributed by atoms with Crippen molar-refractivity contribution in [1.82, 2.24) is 4.90 Å². The van der Waals surface area contributed by atoms with Crippen LogP contribution in [0.1, 0.15) is 43.4 Å². The molecule has 1 aromatic rings. The minimum atomic E-state index is 0.549. The molecule has 1 saturated heterocycles. The van der Waals surface area contributed by atoms with E-state index in [9.17, 15) is 0 Å². The predicted molar refractivity (Wildman–Crippen MR) is 86.9 cm³/mol. The van der Waals surface area contributed by atoms with Crippen molar-refractivity contribution in [2.45, 2.75) is 47.1 Å². The highest BCUT2D eigenvalue weighted by molar-refractivity contribution is 14.1. The van der Waals surface area contributed by atoms with Crippen molar-refractivity contribution in [3.63, 3.8) is 0 Å². The predicted octanol–water partition coefficient (Wildman–Crippen LogP) is 4.53. The summed E-state index contributed by atoms with van der Waals surface area (Å²) in [7, 11) is 0. The molecule has 0 amide bonds. The van der Waals surface area contributed by atoms with Crippen LogP contribution in [0.2, 0.25) is 0 Å². The second kappa shape index (κ2) is 5.49. The molecule has 0 saturated carbocycles. The van der Waals surface area contributed by atoms with Gasteiger partial charge in [0.2, 0.25) is 0 Å². The monoisotopic (exact) mass is 357 g/mol. The fourth-order valence-electron chi connectivity index (χ4n) is 2.57. The van der Waals surface area contributed by atoms with Gasteiger partial charge in [0.05, 0.1) is 0 Å². The molecule has 0 bridgehead atoms. The number of nitrogens with zero attached hydrogens (tertiary/aromatic N) is 1. The molecule has 2 heteroatoms. The Morgan fingerprint density at radius 2 is 1.72 bits per heavy atom. The Hall–Kier alpha value is -0.0900. The van der Waals surface area contributed by atoms with Gasteiger partial charge in [-0.25, -0.2) is 0 Å². The lowest BCUT2D eigenvalue weighted by Crippen LogP contribution is -2.36. The van der Waals surface area contributed by atoms with Crippen LogP contribution in [-0.2, 0) is 6.54 Å². The van der Waals surface area contributed by atoms with Crippen LogP contribution >= 0.6 is 22.6 Å². The molecule has 1 nitrogen and oxygen atoms in total. The minimum Gasteiger partial charge on any atom is -0.299 e. The Kier molecular flexibility index (Phi) is 4.37. The highest BCUT2D eigenvalue weighted by atomic mass is 127.